The van der Waals surface area contributed by atoms with E-state index in [1.165, 1.54) is 0 Å². The molecule has 0 unspecified atom stereocenters. The van der Waals surface area contributed by atoms with Crippen LogP contribution in [0, 0.1) is 34.8 Å². The molecule has 2 rings (SSSR count). The number of rotatable bonds is 4. The van der Waals surface area contributed by atoms with Gasteiger partial charge in [0, 0.05) is 0 Å². The predicted octanol–water partition coefficient (Wildman–Crippen LogP) is 5.25. The van der Waals surface area contributed by atoms with Crippen molar-refractivity contribution in [3.05, 3.63) is 65.8 Å². The fourth-order valence-corrected chi connectivity index (χ4v) is 9.71. The number of hydrogen-bond acceptors (Lipinski definition) is 3. The van der Waals surface area contributed by atoms with Crippen molar-refractivity contribution in [3.8, 4) is 0 Å². The van der Waals surface area contributed by atoms with Gasteiger partial charge in [-0.05, 0) is 0 Å². The molecule has 0 aromatic heterocycles. The third-order valence-electron chi connectivity index (χ3n) is 3.45. The van der Waals surface area contributed by atoms with Crippen LogP contribution in [0.25, 0.3) is 0 Å². The quantitative estimate of drug-likeness (QED) is 0.438. The van der Waals surface area contributed by atoms with E-state index in [1.807, 2.05) is 12.1 Å². The van der Waals surface area contributed by atoms with Crippen LogP contribution in [0.3, 0.4) is 0 Å². The Hall–Kier alpha value is -1.13. The van der Waals surface area contributed by atoms with E-state index in [-0.39, 0.29) is 0 Å². The van der Waals surface area contributed by atoms with Crippen molar-refractivity contribution in [2.45, 2.75) is 33.2 Å². The molecular weight excluding hydrogens is 468 g/mol. The second-order valence-electron chi connectivity index (χ2n) is 5.72. The predicted molar refractivity (Wildman–Crippen MR) is 99.3 cm³/mol. The van der Waals surface area contributed by atoms with E-state index in [1.54, 1.807) is 52.0 Å². The van der Waals surface area contributed by atoms with E-state index >= 15 is 0 Å². The molecule has 0 fully saturated rings. The Labute approximate surface area is 153 Å². The van der Waals surface area contributed by atoms with Gasteiger partial charge in [-0.1, -0.05) is 0 Å². The molecule has 0 aliphatic heterocycles. The molecule has 0 bridgehead atoms. The van der Waals surface area contributed by atoms with E-state index in [0.29, 0.717) is 18.3 Å². The molecule has 0 saturated heterocycles. The third-order valence-corrected chi connectivity index (χ3v) is 11.2. The molecule has 0 radical (unpaired) electrons. The van der Waals surface area contributed by atoms with Gasteiger partial charge in [0.05, 0.1) is 0 Å². The van der Waals surface area contributed by atoms with Gasteiger partial charge < -0.3 is 0 Å². The Morgan fingerprint density at radius 1 is 0.840 bits per heavy atom. The monoisotopic (exact) mass is 486 g/mol. The first kappa shape index (κ1) is 20.2. The van der Waals surface area contributed by atoms with Crippen molar-refractivity contribution in [1.82, 2.24) is 0 Å². The normalized spacial score (nSPS) is 13.0. The molecule has 138 valence electrons. The van der Waals surface area contributed by atoms with Gasteiger partial charge in [0.15, 0.2) is 0 Å². The summed E-state index contributed by atoms with van der Waals surface area (Å²) in [4.78, 5) is 0. The summed E-state index contributed by atoms with van der Waals surface area (Å²) in [6.07, 6.45) is 0. The number of alkyl halides is 3. The van der Waals surface area contributed by atoms with Crippen LogP contribution >= 0.6 is 20.2 Å². The molecule has 0 N–H and O–H groups in total. The van der Waals surface area contributed by atoms with Crippen LogP contribution in [0.4, 0.5) is 13.2 Å². The van der Waals surface area contributed by atoms with Gasteiger partial charge in [0.2, 0.25) is 0 Å². The van der Waals surface area contributed by atoms with Gasteiger partial charge >= 0.3 is 153 Å². The van der Waals surface area contributed by atoms with Gasteiger partial charge in [0.1, 0.15) is 0 Å². The first-order chi connectivity index (χ1) is 11.4. The first-order valence-corrected chi connectivity index (χ1v) is 11.7. The molecule has 2 aromatic carbocycles. The summed E-state index contributed by atoms with van der Waals surface area (Å²) in [6.45, 7) is 7.10. The molecule has 8 heteroatoms. The molecule has 0 saturated carbocycles. The van der Waals surface area contributed by atoms with Crippen LogP contribution in [-0.4, -0.2) is 13.9 Å². The zero-order valence-electron chi connectivity index (χ0n) is 14.1. The van der Waals surface area contributed by atoms with Crippen LogP contribution in [-0.2, 0) is 12.6 Å². The Morgan fingerprint density at radius 3 is 1.60 bits per heavy atom. The topological polar surface area (TPSA) is 43.4 Å². The fraction of sp³-hybridized carbons (Fsp3) is 0.294. The van der Waals surface area contributed by atoms with Gasteiger partial charge in [-0.15, -0.1) is 0 Å². The summed E-state index contributed by atoms with van der Waals surface area (Å²) < 4.78 is 68.0. The molecule has 0 atom stereocenters. The molecule has 3 nitrogen and oxygen atoms in total. The average Bonchev–Trinajstić information content (AvgIpc) is 2.49. The van der Waals surface area contributed by atoms with Crippen LogP contribution in [0.2, 0.25) is 0 Å². The first-order valence-electron chi connectivity index (χ1n) is 7.28. The van der Waals surface area contributed by atoms with E-state index in [0.717, 1.165) is 11.1 Å². The minimum absolute atomic E-state index is 0.547. The zero-order chi connectivity index (χ0) is 19.0. The van der Waals surface area contributed by atoms with Crippen LogP contribution in [0.1, 0.15) is 22.3 Å². The van der Waals surface area contributed by atoms with Crippen molar-refractivity contribution >= 4 is 30.4 Å². The maximum absolute atomic E-state index is 12.9. The zero-order valence-corrected chi connectivity index (χ0v) is 17.1. The Kier molecular flexibility index (Phi) is 5.85. The SMILES string of the molecule is Cc1ccc(C)c(I(OS(=O)(=O)C(F)(F)F)c2cc(C)ccc2C)c1. The Bertz CT molecular complexity index is 841. The number of halogens is 4. The second kappa shape index (κ2) is 7.24. The molecule has 0 spiro atoms. The number of aryl methyl sites for hydroxylation is 4. The summed E-state index contributed by atoms with van der Waals surface area (Å²) in [5.74, 6) is 0. The average molecular weight is 486 g/mol. The van der Waals surface area contributed by atoms with Gasteiger partial charge in [0.25, 0.3) is 0 Å². The Balaban J connectivity index is 2.68. The van der Waals surface area contributed by atoms with E-state index in [4.69, 9.17) is 2.51 Å². The van der Waals surface area contributed by atoms with Crippen molar-refractivity contribution < 1.29 is 24.1 Å². The molecular formula is C17H18F3IO3S. The van der Waals surface area contributed by atoms with Crippen molar-refractivity contribution in [1.29, 1.82) is 0 Å². The van der Waals surface area contributed by atoms with E-state index < -0.39 is 35.9 Å². The van der Waals surface area contributed by atoms with E-state index in [9.17, 15) is 21.6 Å². The van der Waals surface area contributed by atoms with Crippen LogP contribution < -0.4 is 0 Å². The van der Waals surface area contributed by atoms with Crippen LogP contribution in [0.5, 0.6) is 0 Å². The van der Waals surface area contributed by atoms with Crippen molar-refractivity contribution in [2.24, 2.45) is 0 Å². The van der Waals surface area contributed by atoms with Gasteiger partial charge in [-0.25, -0.2) is 0 Å². The van der Waals surface area contributed by atoms with Crippen LogP contribution in [0.15, 0.2) is 36.4 Å². The molecule has 0 aliphatic carbocycles. The summed E-state index contributed by atoms with van der Waals surface area (Å²) >= 11 is -3.34. The molecule has 0 aliphatic rings. The summed E-state index contributed by atoms with van der Waals surface area (Å²) in [6, 6.07) is 10.6. The Morgan fingerprint density at radius 2 is 1.24 bits per heavy atom. The van der Waals surface area contributed by atoms with Gasteiger partial charge in [-0.2, -0.15) is 0 Å². The van der Waals surface area contributed by atoms with E-state index in [2.05, 4.69) is 0 Å². The summed E-state index contributed by atoms with van der Waals surface area (Å²) in [7, 11) is -5.68. The minimum atomic E-state index is -5.68. The van der Waals surface area contributed by atoms with Crippen molar-refractivity contribution in [2.75, 3.05) is 0 Å². The van der Waals surface area contributed by atoms with Gasteiger partial charge in [-0.3, -0.25) is 0 Å². The number of hydrogen-bond donors (Lipinski definition) is 0. The second-order valence-corrected chi connectivity index (χ2v) is 12.0. The summed E-state index contributed by atoms with van der Waals surface area (Å²) in [5, 5.41) is 0. The summed E-state index contributed by atoms with van der Waals surface area (Å²) in [5.41, 5.74) is -2.34. The molecule has 25 heavy (non-hydrogen) atoms. The fourth-order valence-electron chi connectivity index (χ4n) is 2.06. The molecule has 2 aromatic rings. The molecule has 0 amide bonds. The maximum atomic E-state index is 12.9. The molecule has 0 heterocycles. The third kappa shape index (κ3) is 4.53. The van der Waals surface area contributed by atoms with Crippen molar-refractivity contribution in [3.63, 3.8) is 0 Å². The number of benzene rings is 2. The standard InChI is InChI=1S/C17H18F3IO3S/c1-11-5-7-13(3)15(9-11)21(24-25(22,23)17(18,19)20)16-10-12(2)6-8-14(16)4/h5-10H,1-4H3.